The van der Waals surface area contributed by atoms with Crippen molar-refractivity contribution < 1.29 is 23.0 Å². The lowest BCUT2D eigenvalue weighted by Crippen LogP contribution is -2.16. The first kappa shape index (κ1) is 17.9. The summed E-state index contributed by atoms with van der Waals surface area (Å²) < 4.78 is 34.7. The Morgan fingerprint density at radius 2 is 2.04 bits per heavy atom. The molecule has 2 aromatic heterocycles. The first-order chi connectivity index (χ1) is 12.5. The topological polar surface area (TPSA) is 82.8 Å². The second-order valence-corrected chi connectivity index (χ2v) is 6.15. The molecule has 0 atom stereocenters. The molecule has 0 spiro atoms. The van der Waals surface area contributed by atoms with Gasteiger partial charge in [-0.05, 0) is 30.7 Å². The lowest BCUT2D eigenvalue weighted by Gasteiger charge is -2.06. The monoisotopic (exact) mass is 381 g/mol. The summed E-state index contributed by atoms with van der Waals surface area (Å²) in [6.45, 7) is -1.21. The molecule has 2 heterocycles. The minimum atomic E-state index is -2.94. The molecule has 0 saturated carbocycles. The van der Waals surface area contributed by atoms with E-state index in [-0.39, 0.29) is 23.5 Å². The minimum absolute atomic E-state index is 0.0615. The zero-order chi connectivity index (χ0) is 18.7. The van der Waals surface area contributed by atoms with Crippen molar-refractivity contribution in [1.82, 2.24) is 14.6 Å². The molecule has 136 valence electrons. The van der Waals surface area contributed by atoms with Gasteiger partial charge < -0.3 is 9.47 Å². The van der Waals surface area contributed by atoms with Gasteiger partial charge in [0, 0.05) is 6.07 Å². The van der Waals surface area contributed by atoms with E-state index < -0.39 is 12.6 Å². The number of nitrogens with zero attached hydrogens (tertiary/aromatic N) is 3. The second-order valence-electron chi connectivity index (χ2n) is 5.11. The average molecular weight is 381 g/mol. The number of rotatable bonds is 6. The largest absolute Gasteiger partial charge is 0.456 e. The molecule has 0 bridgehead atoms. The number of fused-ring (bicyclic) bond motifs is 1. The van der Waals surface area contributed by atoms with Crippen molar-refractivity contribution in [2.75, 3.05) is 0 Å². The van der Waals surface area contributed by atoms with Gasteiger partial charge in [0.1, 0.15) is 17.4 Å². The number of halogens is 2. The lowest BCUT2D eigenvalue weighted by atomic mass is 10.2. The molecule has 3 aromatic rings. The molecule has 0 aliphatic carbocycles. The van der Waals surface area contributed by atoms with E-state index in [9.17, 15) is 18.4 Å². The average Bonchev–Trinajstić information content (AvgIpc) is 3.04. The molecule has 0 saturated heterocycles. The SMILES string of the molecule is CCc1nn2c(=O)cc(COC(=O)c3ccc(OC(F)F)cc3)nc2s1. The number of benzene rings is 1. The van der Waals surface area contributed by atoms with Crippen LogP contribution in [-0.4, -0.2) is 27.2 Å². The van der Waals surface area contributed by atoms with Crippen LogP contribution in [0.25, 0.3) is 4.96 Å². The van der Waals surface area contributed by atoms with Crippen LogP contribution in [0.15, 0.2) is 35.1 Å². The van der Waals surface area contributed by atoms with E-state index in [4.69, 9.17) is 4.74 Å². The van der Waals surface area contributed by atoms with Crippen LogP contribution in [-0.2, 0) is 17.8 Å². The van der Waals surface area contributed by atoms with Crippen molar-refractivity contribution in [3.05, 3.63) is 57.0 Å². The maximum absolute atomic E-state index is 12.1. The maximum atomic E-state index is 12.1. The number of hydrogen-bond donors (Lipinski definition) is 0. The van der Waals surface area contributed by atoms with Gasteiger partial charge in [-0.2, -0.15) is 18.4 Å². The molecule has 0 fully saturated rings. The number of aryl methyl sites for hydroxylation is 1. The Bertz CT molecular complexity index is 985. The van der Waals surface area contributed by atoms with Gasteiger partial charge in [-0.15, -0.1) is 0 Å². The molecule has 1 aromatic carbocycles. The standard InChI is InChI=1S/C16H13F2N3O4S/c1-2-12-20-21-13(22)7-10(19-16(21)26-12)8-24-14(23)9-3-5-11(6-4-9)25-15(17)18/h3-7,15H,2,8H2,1H3. The van der Waals surface area contributed by atoms with Crippen molar-refractivity contribution in [2.24, 2.45) is 0 Å². The molecule has 10 heteroatoms. The van der Waals surface area contributed by atoms with Crippen LogP contribution in [0.2, 0.25) is 0 Å². The third-order valence-corrected chi connectivity index (χ3v) is 4.36. The van der Waals surface area contributed by atoms with Gasteiger partial charge in [-0.3, -0.25) is 4.79 Å². The summed E-state index contributed by atoms with van der Waals surface area (Å²) in [6, 6.07) is 6.34. The molecule has 0 radical (unpaired) electrons. The molecule has 0 aliphatic heterocycles. The van der Waals surface area contributed by atoms with Gasteiger partial charge in [-0.25, -0.2) is 9.78 Å². The van der Waals surface area contributed by atoms with Crippen molar-refractivity contribution in [3.63, 3.8) is 0 Å². The van der Waals surface area contributed by atoms with Crippen LogP contribution in [0.5, 0.6) is 5.75 Å². The van der Waals surface area contributed by atoms with Gasteiger partial charge >= 0.3 is 12.6 Å². The summed E-state index contributed by atoms with van der Waals surface area (Å²) in [5.41, 5.74) is 0.105. The van der Waals surface area contributed by atoms with Crippen LogP contribution in [0.4, 0.5) is 8.78 Å². The highest BCUT2D eigenvalue weighted by molar-refractivity contribution is 7.16. The van der Waals surface area contributed by atoms with Crippen molar-refractivity contribution in [3.8, 4) is 5.75 Å². The number of esters is 1. The quantitative estimate of drug-likeness (QED) is 0.611. The van der Waals surface area contributed by atoms with Gasteiger partial charge in [0.25, 0.3) is 5.56 Å². The molecular formula is C16H13F2N3O4S. The number of ether oxygens (including phenoxy) is 2. The highest BCUT2D eigenvalue weighted by Gasteiger charge is 2.12. The fraction of sp³-hybridized carbons (Fsp3) is 0.250. The molecule has 0 aliphatic rings. The fourth-order valence-corrected chi connectivity index (χ4v) is 2.97. The Morgan fingerprint density at radius 3 is 2.69 bits per heavy atom. The number of alkyl halides is 2. The van der Waals surface area contributed by atoms with Crippen LogP contribution in [0.1, 0.15) is 28.0 Å². The van der Waals surface area contributed by atoms with Gasteiger partial charge in [-0.1, -0.05) is 18.3 Å². The zero-order valence-corrected chi connectivity index (χ0v) is 14.3. The zero-order valence-electron chi connectivity index (χ0n) is 13.5. The summed E-state index contributed by atoms with van der Waals surface area (Å²) in [5.74, 6) is -0.734. The summed E-state index contributed by atoms with van der Waals surface area (Å²) in [5, 5.41) is 4.90. The molecule has 7 nitrogen and oxygen atoms in total. The predicted molar refractivity (Wildman–Crippen MR) is 88.7 cm³/mol. The Balaban J connectivity index is 1.69. The van der Waals surface area contributed by atoms with E-state index in [1.165, 1.54) is 46.2 Å². The summed E-state index contributed by atoms with van der Waals surface area (Å²) in [7, 11) is 0. The van der Waals surface area contributed by atoms with Crippen molar-refractivity contribution in [2.45, 2.75) is 26.6 Å². The maximum Gasteiger partial charge on any atom is 0.387 e. The fourth-order valence-electron chi connectivity index (χ4n) is 2.11. The van der Waals surface area contributed by atoms with Crippen LogP contribution in [0.3, 0.4) is 0 Å². The second kappa shape index (κ2) is 7.56. The van der Waals surface area contributed by atoms with E-state index >= 15 is 0 Å². The minimum Gasteiger partial charge on any atom is -0.456 e. The van der Waals surface area contributed by atoms with E-state index in [0.29, 0.717) is 17.1 Å². The normalized spacial score (nSPS) is 11.1. The van der Waals surface area contributed by atoms with Crippen molar-refractivity contribution in [1.29, 1.82) is 0 Å². The lowest BCUT2D eigenvalue weighted by molar-refractivity contribution is -0.0498. The van der Waals surface area contributed by atoms with Crippen LogP contribution >= 0.6 is 11.3 Å². The smallest absolute Gasteiger partial charge is 0.387 e. The van der Waals surface area contributed by atoms with E-state index in [0.717, 1.165) is 5.01 Å². The molecular weight excluding hydrogens is 368 g/mol. The molecule has 0 N–H and O–H groups in total. The van der Waals surface area contributed by atoms with E-state index in [1.807, 2.05) is 6.92 Å². The summed E-state index contributed by atoms with van der Waals surface area (Å²) >= 11 is 1.29. The predicted octanol–water partition coefficient (Wildman–Crippen LogP) is 2.67. The Kier molecular flexibility index (Phi) is 5.21. The first-order valence-corrected chi connectivity index (χ1v) is 8.38. The number of carbonyl (C=O) groups excluding carboxylic acids is 1. The molecule has 3 rings (SSSR count). The Labute approximate surface area is 149 Å². The third-order valence-electron chi connectivity index (χ3n) is 3.31. The highest BCUT2D eigenvalue weighted by Crippen LogP contribution is 2.16. The highest BCUT2D eigenvalue weighted by atomic mass is 32.1. The van der Waals surface area contributed by atoms with Gasteiger partial charge in [0.2, 0.25) is 4.96 Å². The van der Waals surface area contributed by atoms with Gasteiger partial charge in [0.05, 0.1) is 11.3 Å². The third kappa shape index (κ3) is 4.02. The molecule has 0 unspecified atom stereocenters. The van der Waals surface area contributed by atoms with E-state index in [2.05, 4.69) is 14.8 Å². The van der Waals surface area contributed by atoms with Crippen molar-refractivity contribution >= 4 is 22.3 Å². The van der Waals surface area contributed by atoms with Gasteiger partial charge in [0.15, 0.2) is 0 Å². The number of hydrogen-bond acceptors (Lipinski definition) is 7. The Morgan fingerprint density at radius 1 is 1.31 bits per heavy atom. The van der Waals surface area contributed by atoms with E-state index in [1.54, 1.807) is 0 Å². The number of carbonyl (C=O) groups is 1. The summed E-state index contributed by atoms with van der Waals surface area (Å²) in [6.07, 6.45) is 0.684. The van der Waals surface area contributed by atoms with Crippen LogP contribution < -0.4 is 10.3 Å². The summed E-state index contributed by atoms with van der Waals surface area (Å²) in [4.78, 5) is 28.7. The first-order valence-electron chi connectivity index (χ1n) is 7.57. The Hall–Kier alpha value is -2.88. The number of aromatic nitrogens is 3. The van der Waals surface area contributed by atoms with Crippen LogP contribution in [0, 0.1) is 0 Å². The molecule has 26 heavy (non-hydrogen) atoms. The molecule has 0 amide bonds.